The van der Waals surface area contributed by atoms with Gasteiger partial charge in [-0.25, -0.2) is 9.18 Å². The number of amides is 2. The fourth-order valence-corrected chi connectivity index (χ4v) is 2.47. The number of benzene rings is 2. The first-order chi connectivity index (χ1) is 9.63. The lowest BCUT2D eigenvalue weighted by Crippen LogP contribution is -2.33. The minimum atomic E-state index is -0.315. The van der Waals surface area contributed by atoms with E-state index in [0.717, 1.165) is 12.1 Å². The van der Waals surface area contributed by atoms with Gasteiger partial charge in [0.05, 0.1) is 0 Å². The van der Waals surface area contributed by atoms with Crippen LogP contribution in [0.25, 0.3) is 0 Å². The largest absolute Gasteiger partial charge is 0.326 e. The molecule has 20 heavy (non-hydrogen) atoms. The molecule has 0 radical (unpaired) electrons. The highest BCUT2D eigenvalue weighted by Gasteiger charge is 2.24. The Bertz CT molecular complexity index is 652. The van der Waals surface area contributed by atoms with Crippen LogP contribution < -0.4 is 10.2 Å². The topological polar surface area (TPSA) is 32.3 Å². The summed E-state index contributed by atoms with van der Waals surface area (Å²) in [6, 6.07) is 11.7. The standard InChI is InChI=1S/C16H15FN2O/c1-11-2-7-15-12(10-11)8-9-19(15)16(20)18-14-5-3-13(17)4-6-14/h2-7,10H,8-9H2,1H3,(H,18,20). The van der Waals surface area contributed by atoms with Crippen LogP contribution in [0.4, 0.5) is 20.6 Å². The van der Waals surface area contributed by atoms with Gasteiger partial charge in [-0.2, -0.15) is 0 Å². The summed E-state index contributed by atoms with van der Waals surface area (Å²) in [5, 5.41) is 2.79. The van der Waals surface area contributed by atoms with E-state index >= 15 is 0 Å². The normalized spacial score (nSPS) is 13.2. The van der Waals surface area contributed by atoms with Gasteiger partial charge < -0.3 is 5.32 Å². The molecule has 0 saturated heterocycles. The molecule has 3 rings (SSSR count). The van der Waals surface area contributed by atoms with Crippen molar-refractivity contribution in [2.75, 3.05) is 16.8 Å². The minimum Gasteiger partial charge on any atom is -0.308 e. The van der Waals surface area contributed by atoms with Crippen molar-refractivity contribution in [2.24, 2.45) is 0 Å². The molecule has 2 amide bonds. The van der Waals surface area contributed by atoms with Gasteiger partial charge in [0, 0.05) is 17.9 Å². The second-order valence-electron chi connectivity index (χ2n) is 4.97. The number of nitrogens with zero attached hydrogens (tertiary/aromatic N) is 1. The van der Waals surface area contributed by atoms with E-state index in [9.17, 15) is 9.18 Å². The van der Waals surface area contributed by atoms with Crippen LogP contribution in [0.3, 0.4) is 0 Å². The van der Waals surface area contributed by atoms with Crippen LogP contribution in [0.5, 0.6) is 0 Å². The molecule has 1 heterocycles. The summed E-state index contributed by atoms with van der Waals surface area (Å²) < 4.78 is 12.8. The quantitative estimate of drug-likeness (QED) is 0.841. The zero-order valence-corrected chi connectivity index (χ0v) is 11.2. The number of hydrogen-bond donors (Lipinski definition) is 1. The molecule has 1 N–H and O–H groups in total. The fraction of sp³-hybridized carbons (Fsp3) is 0.188. The first kappa shape index (κ1) is 12.7. The van der Waals surface area contributed by atoms with Crippen LogP contribution >= 0.6 is 0 Å². The lowest BCUT2D eigenvalue weighted by molar-refractivity contribution is 0.257. The summed E-state index contributed by atoms with van der Waals surface area (Å²) in [7, 11) is 0. The lowest BCUT2D eigenvalue weighted by Gasteiger charge is -2.18. The predicted molar refractivity (Wildman–Crippen MR) is 77.6 cm³/mol. The van der Waals surface area contributed by atoms with Gasteiger partial charge in [0.2, 0.25) is 0 Å². The second-order valence-corrected chi connectivity index (χ2v) is 4.97. The number of halogens is 1. The zero-order valence-electron chi connectivity index (χ0n) is 11.2. The third-order valence-electron chi connectivity index (χ3n) is 3.47. The molecule has 0 spiro atoms. The first-order valence-electron chi connectivity index (χ1n) is 6.57. The molecule has 0 aromatic heterocycles. The number of rotatable bonds is 1. The number of urea groups is 1. The molecule has 0 fully saturated rings. The lowest BCUT2D eigenvalue weighted by atomic mass is 10.1. The number of hydrogen-bond acceptors (Lipinski definition) is 1. The number of carbonyl (C=O) groups excluding carboxylic acids is 1. The van der Waals surface area contributed by atoms with Crippen LogP contribution in [-0.4, -0.2) is 12.6 Å². The van der Waals surface area contributed by atoms with Crippen LogP contribution in [0.2, 0.25) is 0 Å². The summed E-state index contributed by atoms with van der Waals surface area (Å²) >= 11 is 0. The molecule has 0 unspecified atom stereocenters. The molecule has 102 valence electrons. The van der Waals surface area contributed by atoms with Gasteiger partial charge in [-0.1, -0.05) is 17.7 Å². The van der Waals surface area contributed by atoms with Gasteiger partial charge in [0.25, 0.3) is 0 Å². The maximum atomic E-state index is 12.8. The molecule has 0 aliphatic carbocycles. The Morgan fingerprint density at radius 2 is 1.95 bits per heavy atom. The Labute approximate surface area is 117 Å². The highest BCUT2D eigenvalue weighted by atomic mass is 19.1. The van der Waals surface area contributed by atoms with Crippen LogP contribution in [-0.2, 0) is 6.42 Å². The first-order valence-corrected chi connectivity index (χ1v) is 6.57. The predicted octanol–water partition coefficient (Wildman–Crippen LogP) is 3.73. The Balaban J connectivity index is 1.78. The molecular formula is C16H15FN2O. The SMILES string of the molecule is Cc1ccc2c(c1)CCN2C(=O)Nc1ccc(F)cc1. The van der Waals surface area contributed by atoms with Crippen LogP contribution in [0.1, 0.15) is 11.1 Å². The molecule has 0 bridgehead atoms. The van der Waals surface area contributed by atoms with Crippen molar-refractivity contribution >= 4 is 17.4 Å². The molecule has 2 aromatic carbocycles. The van der Waals surface area contributed by atoms with Crippen molar-refractivity contribution in [3.63, 3.8) is 0 Å². The van der Waals surface area contributed by atoms with E-state index < -0.39 is 0 Å². The monoisotopic (exact) mass is 270 g/mol. The van der Waals surface area contributed by atoms with E-state index in [1.165, 1.54) is 23.3 Å². The summed E-state index contributed by atoms with van der Waals surface area (Å²) in [6.07, 6.45) is 0.869. The Morgan fingerprint density at radius 3 is 2.70 bits per heavy atom. The van der Waals surface area contributed by atoms with Crippen molar-refractivity contribution in [2.45, 2.75) is 13.3 Å². The average Bonchev–Trinajstić information content (AvgIpc) is 2.84. The maximum absolute atomic E-state index is 12.8. The molecule has 4 heteroatoms. The van der Waals surface area contributed by atoms with Gasteiger partial charge in [0.15, 0.2) is 0 Å². The summed E-state index contributed by atoms with van der Waals surface area (Å²) in [5.41, 5.74) is 3.94. The molecular weight excluding hydrogens is 255 g/mol. The molecule has 2 aromatic rings. The molecule has 0 atom stereocenters. The molecule has 3 nitrogen and oxygen atoms in total. The maximum Gasteiger partial charge on any atom is 0.326 e. The van der Waals surface area contributed by atoms with Crippen LogP contribution in [0.15, 0.2) is 42.5 Å². The zero-order chi connectivity index (χ0) is 14.1. The Kier molecular flexibility index (Phi) is 3.14. The van der Waals surface area contributed by atoms with Gasteiger partial charge in [-0.05, 0) is 49.2 Å². The third kappa shape index (κ3) is 2.37. The van der Waals surface area contributed by atoms with Crippen LogP contribution in [0, 0.1) is 12.7 Å². The van der Waals surface area contributed by atoms with E-state index in [1.807, 2.05) is 19.1 Å². The number of fused-ring (bicyclic) bond motifs is 1. The van der Waals surface area contributed by atoms with Gasteiger partial charge in [-0.15, -0.1) is 0 Å². The van der Waals surface area contributed by atoms with E-state index in [-0.39, 0.29) is 11.8 Å². The smallest absolute Gasteiger partial charge is 0.308 e. The molecule has 1 aliphatic rings. The summed E-state index contributed by atoms with van der Waals surface area (Å²) in [5.74, 6) is -0.315. The summed E-state index contributed by atoms with van der Waals surface area (Å²) in [4.78, 5) is 14.0. The number of nitrogens with one attached hydrogen (secondary N) is 1. The van der Waals surface area contributed by atoms with Gasteiger partial charge >= 0.3 is 6.03 Å². The third-order valence-corrected chi connectivity index (χ3v) is 3.47. The van der Waals surface area contributed by atoms with E-state index in [0.29, 0.717) is 12.2 Å². The number of anilines is 2. The van der Waals surface area contributed by atoms with Gasteiger partial charge in [0.1, 0.15) is 5.82 Å². The minimum absolute atomic E-state index is 0.181. The van der Waals surface area contributed by atoms with E-state index in [4.69, 9.17) is 0 Å². The number of aryl methyl sites for hydroxylation is 1. The molecule has 0 saturated carbocycles. The van der Waals surface area contributed by atoms with Crippen molar-refractivity contribution < 1.29 is 9.18 Å². The van der Waals surface area contributed by atoms with Crippen molar-refractivity contribution in [3.05, 3.63) is 59.4 Å². The fourth-order valence-electron chi connectivity index (χ4n) is 2.47. The summed E-state index contributed by atoms with van der Waals surface area (Å²) in [6.45, 7) is 2.72. The second kappa shape index (κ2) is 4.96. The highest BCUT2D eigenvalue weighted by Crippen LogP contribution is 2.29. The van der Waals surface area contributed by atoms with Crippen molar-refractivity contribution in [1.82, 2.24) is 0 Å². The van der Waals surface area contributed by atoms with Gasteiger partial charge in [-0.3, -0.25) is 4.90 Å². The Hall–Kier alpha value is -2.36. The average molecular weight is 270 g/mol. The van der Waals surface area contributed by atoms with Crippen molar-refractivity contribution in [3.8, 4) is 0 Å². The highest BCUT2D eigenvalue weighted by molar-refractivity contribution is 6.03. The Morgan fingerprint density at radius 1 is 1.20 bits per heavy atom. The van der Waals surface area contributed by atoms with Crippen molar-refractivity contribution in [1.29, 1.82) is 0 Å². The molecule has 1 aliphatic heterocycles. The van der Waals surface area contributed by atoms with E-state index in [1.54, 1.807) is 17.0 Å². The van der Waals surface area contributed by atoms with E-state index in [2.05, 4.69) is 11.4 Å². The number of carbonyl (C=O) groups is 1.